The smallest absolute Gasteiger partial charge is 0.265 e. The summed E-state index contributed by atoms with van der Waals surface area (Å²) in [6, 6.07) is 4.58. The van der Waals surface area contributed by atoms with Gasteiger partial charge in [-0.05, 0) is 38.0 Å². The quantitative estimate of drug-likeness (QED) is 0.889. The van der Waals surface area contributed by atoms with E-state index in [1.807, 2.05) is 0 Å². The number of carbonyl (C=O) groups excluding carboxylic acids is 1. The normalized spacial score (nSPS) is 23.1. The zero-order valence-electron chi connectivity index (χ0n) is 11.1. The van der Waals surface area contributed by atoms with Gasteiger partial charge in [-0.15, -0.1) is 0 Å². The molecule has 1 saturated heterocycles. The second kappa shape index (κ2) is 4.75. The van der Waals surface area contributed by atoms with Gasteiger partial charge in [0.1, 0.15) is 5.75 Å². The van der Waals surface area contributed by atoms with Gasteiger partial charge in [0, 0.05) is 13.1 Å². The maximum atomic E-state index is 12.4. The third-order valence-electron chi connectivity index (χ3n) is 3.58. The highest BCUT2D eigenvalue weighted by Crippen LogP contribution is 2.33. The molecule has 0 saturated carbocycles. The van der Waals surface area contributed by atoms with E-state index in [-0.39, 0.29) is 10.8 Å². The summed E-state index contributed by atoms with van der Waals surface area (Å²) in [7, 11) is -3.48. The van der Waals surface area contributed by atoms with E-state index in [0.717, 1.165) is 12.8 Å². The molecule has 108 valence electrons. The van der Waals surface area contributed by atoms with Crippen LogP contribution in [0, 0.1) is 0 Å². The Balaban J connectivity index is 1.96. The van der Waals surface area contributed by atoms with Crippen LogP contribution in [0.15, 0.2) is 23.1 Å². The first-order valence-electron chi connectivity index (χ1n) is 6.60. The van der Waals surface area contributed by atoms with Gasteiger partial charge in [-0.1, -0.05) is 0 Å². The zero-order valence-corrected chi connectivity index (χ0v) is 11.9. The van der Waals surface area contributed by atoms with Crippen LogP contribution >= 0.6 is 0 Å². The van der Waals surface area contributed by atoms with Crippen LogP contribution in [-0.2, 0) is 14.8 Å². The average molecular weight is 296 g/mol. The van der Waals surface area contributed by atoms with Crippen LogP contribution in [0.2, 0.25) is 0 Å². The molecule has 1 amide bonds. The molecular formula is C13H16N2O4S. The second-order valence-corrected chi connectivity index (χ2v) is 6.96. The summed E-state index contributed by atoms with van der Waals surface area (Å²) in [5, 5.41) is 2.67. The maximum Gasteiger partial charge on any atom is 0.265 e. The Morgan fingerprint density at radius 2 is 2.00 bits per heavy atom. The Kier molecular flexibility index (Phi) is 3.18. The number of hydrogen-bond donors (Lipinski definition) is 1. The minimum Gasteiger partial charge on any atom is -0.479 e. The Bertz CT molecular complexity index is 650. The summed E-state index contributed by atoms with van der Waals surface area (Å²) in [6.45, 7) is 2.76. The van der Waals surface area contributed by atoms with Gasteiger partial charge in [-0.3, -0.25) is 4.79 Å². The van der Waals surface area contributed by atoms with Gasteiger partial charge in [0.2, 0.25) is 10.0 Å². The van der Waals surface area contributed by atoms with E-state index >= 15 is 0 Å². The molecule has 0 bridgehead atoms. The molecule has 2 aliphatic rings. The lowest BCUT2D eigenvalue weighted by molar-refractivity contribution is -0.122. The monoisotopic (exact) mass is 296 g/mol. The number of benzene rings is 1. The largest absolute Gasteiger partial charge is 0.479 e. The fraction of sp³-hybridized carbons (Fsp3) is 0.462. The number of ether oxygens (including phenoxy) is 1. The van der Waals surface area contributed by atoms with E-state index in [2.05, 4.69) is 5.32 Å². The zero-order chi connectivity index (χ0) is 14.3. The van der Waals surface area contributed by atoms with Gasteiger partial charge in [-0.2, -0.15) is 4.31 Å². The molecule has 1 atom stereocenters. The molecule has 7 heteroatoms. The lowest BCUT2D eigenvalue weighted by atomic mass is 10.2. The SMILES string of the molecule is CC1Oc2ccc(S(=O)(=O)N3CCCC3)cc2NC1=O. The number of amides is 1. The van der Waals surface area contributed by atoms with E-state index in [0.29, 0.717) is 24.5 Å². The van der Waals surface area contributed by atoms with Crippen molar-refractivity contribution in [1.82, 2.24) is 4.31 Å². The number of sulfonamides is 1. The summed E-state index contributed by atoms with van der Waals surface area (Å²) in [4.78, 5) is 11.8. The molecule has 1 fully saturated rings. The number of hydrogen-bond acceptors (Lipinski definition) is 4. The van der Waals surface area contributed by atoms with E-state index in [1.165, 1.54) is 16.4 Å². The van der Waals surface area contributed by atoms with Crippen molar-refractivity contribution in [3.63, 3.8) is 0 Å². The van der Waals surface area contributed by atoms with Gasteiger partial charge >= 0.3 is 0 Å². The third-order valence-corrected chi connectivity index (χ3v) is 5.48. The summed E-state index contributed by atoms with van der Waals surface area (Å²) in [5.74, 6) is 0.227. The molecule has 0 spiro atoms. The summed E-state index contributed by atoms with van der Waals surface area (Å²) in [5.41, 5.74) is 0.411. The van der Waals surface area contributed by atoms with Crippen LogP contribution in [0.1, 0.15) is 19.8 Å². The lowest BCUT2D eigenvalue weighted by Gasteiger charge is -2.24. The number of rotatable bonds is 2. The lowest BCUT2D eigenvalue weighted by Crippen LogP contribution is -2.34. The van der Waals surface area contributed by atoms with Crippen LogP contribution in [0.4, 0.5) is 5.69 Å². The molecule has 1 aromatic carbocycles. The highest BCUT2D eigenvalue weighted by molar-refractivity contribution is 7.89. The number of carbonyl (C=O) groups is 1. The van der Waals surface area contributed by atoms with Gasteiger partial charge in [0.25, 0.3) is 5.91 Å². The van der Waals surface area contributed by atoms with Crippen LogP contribution in [0.25, 0.3) is 0 Å². The molecule has 0 aliphatic carbocycles. The highest BCUT2D eigenvalue weighted by atomic mass is 32.2. The van der Waals surface area contributed by atoms with Gasteiger partial charge in [0.15, 0.2) is 6.10 Å². The Morgan fingerprint density at radius 1 is 1.30 bits per heavy atom. The molecule has 20 heavy (non-hydrogen) atoms. The molecule has 1 N–H and O–H groups in total. The van der Waals surface area contributed by atoms with Crippen LogP contribution in [-0.4, -0.2) is 37.8 Å². The fourth-order valence-corrected chi connectivity index (χ4v) is 3.97. The summed E-state index contributed by atoms with van der Waals surface area (Å²) in [6.07, 6.45) is 1.21. The van der Waals surface area contributed by atoms with Crippen LogP contribution < -0.4 is 10.1 Å². The second-order valence-electron chi connectivity index (χ2n) is 5.02. The van der Waals surface area contributed by atoms with Crippen molar-refractivity contribution in [3.8, 4) is 5.75 Å². The first-order valence-corrected chi connectivity index (χ1v) is 8.04. The first kappa shape index (κ1) is 13.4. The van der Waals surface area contributed by atoms with E-state index in [1.54, 1.807) is 13.0 Å². The van der Waals surface area contributed by atoms with Crippen LogP contribution in [0.3, 0.4) is 0 Å². The van der Waals surface area contributed by atoms with E-state index < -0.39 is 16.1 Å². The minimum atomic E-state index is -3.48. The Morgan fingerprint density at radius 3 is 2.70 bits per heavy atom. The van der Waals surface area contributed by atoms with Crippen molar-refractivity contribution < 1.29 is 17.9 Å². The van der Waals surface area contributed by atoms with Crippen molar-refractivity contribution in [2.75, 3.05) is 18.4 Å². The van der Waals surface area contributed by atoms with Crippen LogP contribution in [0.5, 0.6) is 5.75 Å². The summed E-state index contributed by atoms with van der Waals surface area (Å²) >= 11 is 0. The topological polar surface area (TPSA) is 75.7 Å². The summed E-state index contributed by atoms with van der Waals surface area (Å²) < 4.78 is 31.8. The minimum absolute atomic E-state index is 0.191. The number of nitrogens with zero attached hydrogens (tertiary/aromatic N) is 1. The molecule has 1 aromatic rings. The van der Waals surface area contributed by atoms with Crippen molar-refractivity contribution in [2.45, 2.75) is 30.8 Å². The van der Waals surface area contributed by atoms with Crippen molar-refractivity contribution in [1.29, 1.82) is 0 Å². The molecule has 0 aromatic heterocycles. The Labute approximate surface area is 117 Å². The molecule has 2 aliphatic heterocycles. The molecule has 2 heterocycles. The van der Waals surface area contributed by atoms with E-state index in [9.17, 15) is 13.2 Å². The van der Waals surface area contributed by atoms with Crippen molar-refractivity contribution in [2.24, 2.45) is 0 Å². The average Bonchev–Trinajstić information content (AvgIpc) is 2.94. The van der Waals surface area contributed by atoms with Gasteiger partial charge < -0.3 is 10.1 Å². The fourth-order valence-electron chi connectivity index (χ4n) is 2.43. The van der Waals surface area contributed by atoms with Crippen molar-refractivity contribution >= 4 is 21.6 Å². The molecule has 3 rings (SSSR count). The highest BCUT2D eigenvalue weighted by Gasteiger charge is 2.30. The Hall–Kier alpha value is -1.60. The number of fused-ring (bicyclic) bond motifs is 1. The predicted molar refractivity (Wildman–Crippen MR) is 73.2 cm³/mol. The molecule has 0 radical (unpaired) electrons. The molecule has 1 unspecified atom stereocenters. The maximum absolute atomic E-state index is 12.4. The van der Waals surface area contributed by atoms with Crippen molar-refractivity contribution in [3.05, 3.63) is 18.2 Å². The molecule has 6 nitrogen and oxygen atoms in total. The van der Waals surface area contributed by atoms with Gasteiger partial charge in [0.05, 0.1) is 10.6 Å². The predicted octanol–water partition coefficient (Wildman–Crippen LogP) is 1.19. The van der Waals surface area contributed by atoms with Gasteiger partial charge in [-0.25, -0.2) is 8.42 Å². The standard InChI is InChI=1S/C13H16N2O4S/c1-9-13(16)14-11-8-10(4-5-12(11)19-9)20(17,18)15-6-2-3-7-15/h4-5,8-9H,2-3,6-7H2,1H3,(H,14,16). The first-order chi connectivity index (χ1) is 9.48. The molecular weight excluding hydrogens is 280 g/mol. The number of nitrogens with one attached hydrogen (secondary N) is 1. The van der Waals surface area contributed by atoms with E-state index in [4.69, 9.17) is 4.74 Å². The third kappa shape index (κ3) is 2.16. The number of anilines is 1.